The molecule has 2 heterocycles. The van der Waals surface area contributed by atoms with Crippen LogP contribution in [0.15, 0.2) is 30.3 Å². The van der Waals surface area contributed by atoms with Gasteiger partial charge < -0.3 is 9.64 Å². The molecule has 7 heteroatoms. The molecule has 0 aromatic heterocycles. The highest BCUT2D eigenvalue weighted by Crippen LogP contribution is 2.20. The van der Waals surface area contributed by atoms with Gasteiger partial charge in [0.2, 0.25) is 0 Å². The maximum absolute atomic E-state index is 12.1. The number of hydrogen-bond donors (Lipinski definition) is 0. The second-order valence-corrected chi connectivity index (χ2v) is 8.75. The molecule has 1 aromatic rings. The van der Waals surface area contributed by atoms with Crippen LogP contribution in [-0.4, -0.2) is 68.0 Å². The van der Waals surface area contributed by atoms with Gasteiger partial charge in [0, 0.05) is 32.2 Å². The number of rotatable bonds is 3. The van der Waals surface area contributed by atoms with E-state index in [0.717, 1.165) is 18.7 Å². The first-order valence-electron chi connectivity index (χ1n) is 8.44. The zero-order valence-electron chi connectivity index (χ0n) is 13.8. The molecule has 0 atom stereocenters. The molecule has 1 aromatic carbocycles. The summed E-state index contributed by atoms with van der Waals surface area (Å²) in [5.41, 5.74) is 0.980. The molecule has 6 nitrogen and oxygen atoms in total. The van der Waals surface area contributed by atoms with Gasteiger partial charge in [-0.1, -0.05) is 30.3 Å². The number of ether oxygens (including phenoxy) is 1. The Bertz CT molecular complexity index is 640. The average Bonchev–Trinajstić information content (AvgIpc) is 2.61. The number of carbonyl (C=O) groups excluding carboxylic acids is 1. The van der Waals surface area contributed by atoms with Gasteiger partial charge >= 0.3 is 6.09 Å². The van der Waals surface area contributed by atoms with Crippen molar-refractivity contribution < 1.29 is 17.9 Å². The molecule has 2 aliphatic heterocycles. The fraction of sp³-hybridized carbons (Fsp3) is 0.588. The Morgan fingerprint density at radius 3 is 2.29 bits per heavy atom. The van der Waals surface area contributed by atoms with Crippen molar-refractivity contribution >= 4 is 15.9 Å². The second-order valence-electron chi connectivity index (χ2n) is 6.45. The zero-order valence-corrected chi connectivity index (χ0v) is 14.6. The molecule has 2 aliphatic rings. The molecule has 2 fully saturated rings. The zero-order chi connectivity index (χ0) is 17.0. The van der Waals surface area contributed by atoms with Crippen molar-refractivity contribution in [2.75, 3.05) is 37.7 Å². The van der Waals surface area contributed by atoms with Crippen LogP contribution in [0.25, 0.3) is 0 Å². The number of amides is 1. The molecule has 132 valence electrons. The number of benzene rings is 1. The van der Waals surface area contributed by atoms with Crippen molar-refractivity contribution in [3.8, 4) is 0 Å². The van der Waals surface area contributed by atoms with Crippen LogP contribution in [0.1, 0.15) is 18.4 Å². The summed E-state index contributed by atoms with van der Waals surface area (Å²) in [5, 5.41) is 0. The SMILES string of the molecule is O=C(OCc1ccccc1)N1CCN(C2CCS(=O)(=O)CC2)CC1. The minimum absolute atomic E-state index is 0.273. The predicted molar refractivity (Wildman–Crippen MR) is 91.4 cm³/mol. The summed E-state index contributed by atoms with van der Waals surface area (Å²) in [6.45, 7) is 3.13. The van der Waals surface area contributed by atoms with Gasteiger partial charge in [-0.05, 0) is 18.4 Å². The number of hydrogen-bond acceptors (Lipinski definition) is 5. The molecule has 3 rings (SSSR count). The minimum atomic E-state index is -2.82. The van der Waals surface area contributed by atoms with Gasteiger partial charge in [0.25, 0.3) is 0 Å². The highest BCUT2D eigenvalue weighted by atomic mass is 32.2. The number of piperazine rings is 1. The average molecular weight is 352 g/mol. The van der Waals surface area contributed by atoms with Gasteiger partial charge in [-0.2, -0.15) is 0 Å². The molecular weight excluding hydrogens is 328 g/mol. The van der Waals surface area contributed by atoms with E-state index in [1.807, 2.05) is 30.3 Å². The Hall–Kier alpha value is -1.60. The lowest BCUT2D eigenvalue weighted by atomic mass is 10.1. The summed E-state index contributed by atoms with van der Waals surface area (Å²) < 4.78 is 28.4. The first-order valence-corrected chi connectivity index (χ1v) is 10.3. The van der Waals surface area contributed by atoms with E-state index in [2.05, 4.69) is 4.90 Å². The summed E-state index contributed by atoms with van der Waals surface area (Å²) in [5.74, 6) is 0.577. The molecule has 0 unspecified atom stereocenters. The van der Waals surface area contributed by atoms with E-state index in [9.17, 15) is 13.2 Å². The predicted octanol–water partition coefficient (Wildman–Crippen LogP) is 1.52. The fourth-order valence-electron chi connectivity index (χ4n) is 3.32. The molecule has 2 saturated heterocycles. The van der Waals surface area contributed by atoms with E-state index in [1.165, 1.54) is 0 Å². The monoisotopic (exact) mass is 352 g/mol. The third-order valence-electron chi connectivity index (χ3n) is 4.82. The van der Waals surface area contributed by atoms with Crippen LogP contribution in [0.3, 0.4) is 0 Å². The van der Waals surface area contributed by atoms with Crippen molar-refractivity contribution in [1.29, 1.82) is 0 Å². The van der Waals surface area contributed by atoms with Gasteiger partial charge in [-0.15, -0.1) is 0 Å². The first kappa shape index (κ1) is 17.2. The van der Waals surface area contributed by atoms with Crippen LogP contribution in [-0.2, 0) is 21.2 Å². The summed E-state index contributed by atoms with van der Waals surface area (Å²) >= 11 is 0. The number of nitrogens with zero attached hydrogens (tertiary/aromatic N) is 2. The summed E-state index contributed by atoms with van der Waals surface area (Å²) in [4.78, 5) is 16.2. The molecule has 0 bridgehead atoms. The standard InChI is InChI=1S/C17H24N2O4S/c20-17(23-14-15-4-2-1-3-5-15)19-10-8-18(9-11-19)16-6-12-24(21,22)13-7-16/h1-5,16H,6-14H2. The highest BCUT2D eigenvalue weighted by molar-refractivity contribution is 7.91. The van der Waals surface area contributed by atoms with Crippen molar-refractivity contribution in [2.24, 2.45) is 0 Å². The Morgan fingerprint density at radius 2 is 1.67 bits per heavy atom. The quantitative estimate of drug-likeness (QED) is 0.825. The number of sulfone groups is 1. The topological polar surface area (TPSA) is 66.9 Å². The molecule has 0 N–H and O–H groups in total. The number of carbonyl (C=O) groups is 1. The largest absolute Gasteiger partial charge is 0.445 e. The molecule has 0 aliphatic carbocycles. The molecule has 24 heavy (non-hydrogen) atoms. The van der Waals surface area contributed by atoms with E-state index in [1.54, 1.807) is 4.90 Å². The smallest absolute Gasteiger partial charge is 0.410 e. The minimum Gasteiger partial charge on any atom is -0.445 e. The van der Waals surface area contributed by atoms with Gasteiger partial charge in [-0.3, -0.25) is 4.90 Å². The highest BCUT2D eigenvalue weighted by Gasteiger charge is 2.31. The van der Waals surface area contributed by atoms with Crippen LogP contribution in [0, 0.1) is 0 Å². The van der Waals surface area contributed by atoms with E-state index >= 15 is 0 Å². The van der Waals surface area contributed by atoms with Crippen LogP contribution >= 0.6 is 0 Å². The molecule has 0 saturated carbocycles. The maximum atomic E-state index is 12.1. The van der Waals surface area contributed by atoms with Crippen LogP contribution in [0.5, 0.6) is 0 Å². The van der Waals surface area contributed by atoms with Gasteiger partial charge in [0.05, 0.1) is 11.5 Å². The lowest BCUT2D eigenvalue weighted by Crippen LogP contribution is -2.53. The summed E-state index contributed by atoms with van der Waals surface area (Å²) in [6, 6.07) is 9.97. The van der Waals surface area contributed by atoms with E-state index in [0.29, 0.717) is 38.6 Å². The maximum Gasteiger partial charge on any atom is 0.410 e. The van der Waals surface area contributed by atoms with Crippen LogP contribution in [0.2, 0.25) is 0 Å². The lowest BCUT2D eigenvalue weighted by molar-refractivity contribution is 0.0580. The van der Waals surface area contributed by atoms with Crippen LogP contribution in [0.4, 0.5) is 4.79 Å². The van der Waals surface area contributed by atoms with Gasteiger partial charge in [-0.25, -0.2) is 13.2 Å². The third kappa shape index (κ3) is 4.48. The fourth-order valence-corrected chi connectivity index (χ4v) is 4.79. The second kappa shape index (κ2) is 7.53. The van der Waals surface area contributed by atoms with E-state index in [-0.39, 0.29) is 17.6 Å². The molecule has 0 spiro atoms. The molecular formula is C17H24N2O4S. The van der Waals surface area contributed by atoms with Crippen LogP contribution < -0.4 is 0 Å². The van der Waals surface area contributed by atoms with Crippen molar-refractivity contribution in [3.05, 3.63) is 35.9 Å². The van der Waals surface area contributed by atoms with Gasteiger partial charge in [0.1, 0.15) is 16.4 Å². The normalized spacial score (nSPS) is 22.2. The Kier molecular flexibility index (Phi) is 5.40. The van der Waals surface area contributed by atoms with E-state index in [4.69, 9.17) is 4.74 Å². The molecule has 0 radical (unpaired) electrons. The van der Waals surface area contributed by atoms with E-state index < -0.39 is 9.84 Å². The third-order valence-corrected chi connectivity index (χ3v) is 6.53. The summed E-state index contributed by atoms with van der Waals surface area (Å²) in [6.07, 6.45) is 1.14. The van der Waals surface area contributed by atoms with Crippen molar-refractivity contribution in [2.45, 2.75) is 25.5 Å². The molecule has 1 amide bonds. The summed E-state index contributed by atoms with van der Waals surface area (Å²) in [7, 11) is -2.82. The lowest BCUT2D eigenvalue weighted by Gasteiger charge is -2.40. The van der Waals surface area contributed by atoms with Crippen molar-refractivity contribution in [3.63, 3.8) is 0 Å². The Balaban J connectivity index is 1.42. The Morgan fingerprint density at radius 1 is 1.04 bits per heavy atom. The first-order chi connectivity index (χ1) is 11.5. The van der Waals surface area contributed by atoms with Gasteiger partial charge in [0.15, 0.2) is 0 Å². The van der Waals surface area contributed by atoms with Crippen molar-refractivity contribution in [1.82, 2.24) is 9.80 Å². The Labute approximate surface area is 143 Å².